The molecule has 0 aliphatic carbocycles. The van der Waals surface area contributed by atoms with Crippen LogP contribution in [0.4, 0.5) is 5.95 Å². The lowest BCUT2D eigenvalue weighted by atomic mass is 10.0. The van der Waals surface area contributed by atoms with Crippen LogP contribution in [-0.2, 0) is 0 Å². The smallest absolute Gasteiger partial charge is 0.261 e. The molecule has 0 bridgehead atoms. The topological polar surface area (TPSA) is 190 Å². The number of carbonyl (C=O) groups is 1. The molecule has 0 aliphatic heterocycles. The number of rotatable bonds is 3. The van der Waals surface area contributed by atoms with E-state index >= 15 is 0 Å². The van der Waals surface area contributed by atoms with E-state index in [0.717, 1.165) is 5.56 Å². The van der Waals surface area contributed by atoms with Crippen LogP contribution in [0.15, 0.2) is 12.1 Å². The average molecular weight is 305 g/mol. The van der Waals surface area contributed by atoms with Gasteiger partial charge in [0.05, 0.1) is 11.1 Å². The summed E-state index contributed by atoms with van der Waals surface area (Å²) < 4.78 is 0. The third kappa shape index (κ3) is 2.71. The lowest BCUT2D eigenvalue weighted by Crippen LogP contribution is -2.14. The average Bonchev–Trinajstić information content (AvgIpc) is 3.13. The highest BCUT2D eigenvalue weighted by atomic mass is 16.3. The molecular formula is C10H11N9O3. The molecule has 0 saturated carbocycles. The number of nitrogens with one attached hydrogen (secondary N) is 3. The number of hydrogen-bond donors (Lipinski definition) is 4. The molecule has 12 heteroatoms. The van der Waals surface area contributed by atoms with Crippen LogP contribution in [0.2, 0.25) is 0 Å². The predicted octanol–water partition coefficient (Wildman–Crippen LogP) is -1.18. The number of carbonyl (C=O) groups excluding carboxylic acids is 1. The zero-order valence-corrected chi connectivity index (χ0v) is 11.2. The number of aromatic hydroxyl groups is 1. The van der Waals surface area contributed by atoms with Crippen molar-refractivity contribution in [3.05, 3.63) is 23.3 Å². The number of phenols is 1. The highest BCUT2D eigenvalue weighted by Gasteiger charge is 2.19. The third-order valence-corrected chi connectivity index (χ3v) is 2.68. The largest absolute Gasteiger partial charge is 0.506 e. The van der Waals surface area contributed by atoms with Crippen LogP contribution in [0, 0.1) is 6.92 Å². The summed E-state index contributed by atoms with van der Waals surface area (Å²) in [5.41, 5.74) is 1.12. The molecule has 2 heterocycles. The van der Waals surface area contributed by atoms with Gasteiger partial charge in [0.25, 0.3) is 5.91 Å². The molecule has 0 radical (unpaired) electrons. The number of aryl methyl sites for hydroxylation is 1. The van der Waals surface area contributed by atoms with Gasteiger partial charge >= 0.3 is 0 Å². The summed E-state index contributed by atoms with van der Waals surface area (Å²) in [6.45, 7) is 1.78. The number of hydrogen-bond acceptors (Lipinski definition) is 8. The third-order valence-electron chi connectivity index (χ3n) is 2.68. The molecular weight excluding hydrogens is 294 g/mol. The van der Waals surface area contributed by atoms with Gasteiger partial charge in [-0.05, 0) is 45.5 Å². The van der Waals surface area contributed by atoms with Crippen LogP contribution in [0.25, 0.3) is 11.4 Å². The minimum Gasteiger partial charge on any atom is -0.506 e. The number of amides is 1. The van der Waals surface area contributed by atoms with E-state index < -0.39 is 5.91 Å². The minimum atomic E-state index is -0.566. The molecule has 0 aliphatic rings. The fourth-order valence-corrected chi connectivity index (χ4v) is 1.79. The van der Waals surface area contributed by atoms with Crippen molar-refractivity contribution >= 4 is 11.9 Å². The summed E-state index contributed by atoms with van der Waals surface area (Å²) in [6.07, 6.45) is 0. The molecule has 0 unspecified atom stereocenters. The van der Waals surface area contributed by atoms with Crippen molar-refractivity contribution in [2.75, 3.05) is 5.32 Å². The van der Waals surface area contributed by atoms with Gasteiger partial charge < -0.3 is 10.6 Å². The Hall–Kier alpha value is -3.41. The fourth-order valence-electron chi connectivity index (χ4n) is 1.79. The van der Waals surface area contributed by atoms with Gasteiger partial charge in [-0.25, -0.2) is 10.2 Å². The second-order valence-electron chi connectivity index (χ2n) is 4.16. The predicted molar refractivity (Wildman–Crippen MR) is 71.8 cm³/mol. The van der Waals surface area contributed by atoms with Crippen molar-refractivity contribution in [2.45, 2.75) is 6.92 Å². The standard InChI is InChI=1S/C10H9N9O2.H2O/c1-4-2-5(8-12-16-17-13-8)7(20)6(3-4)9(21)11-10-14-18-19-15-10;/h2-3,20H,1H3,(H,12,13,16,17)(H2,11,14,15,18,19,21);1H2. The second-order valence-corrected chi connectivity index (χ2v) is 4.16. The van der Waals surface area contributed by atoms with E-state index in [1.54, 1.807) is 13.0 Å². The number of phenolic OH excluding ortho intramolecular Hbond substituents is 1. The van der Waals surface area contributed by atoms with Crippen molar-refractivity contribution in [2.24, 2.45) is 0 Å². The number of H-pyrrole nitrogens is 2. The molecule has 1 amide bonds. The van der Waals surface area contributed by atoms with Crippen LogP contribution >= 0.6 is 0 Å². The van der Waals surface area contributed by atoms with Crippen molar-refractivity contribution in [3.63, 3.8) is 0 Å². The number of benzene rings is 1. The van der Waals surface area contributed by atoms with Gasteiger partial charge in [-0.3, -0.25) is 10.1 Å². The molecule has 0 spiro atoms. The number of anilines is 1. The normalized spacial score (nSPS) is 10.0. The number of aromatic amines is 2. The molecule has 6 N–H and O–H groups in total. The SMILES string of the molecule is Cc1cc(C(=O)Nc2nnn[nH]2)c(O)c(-c2nnn[nH]2)c1.O. The quantitative estimate of drug-likeness (QED) is 0.464. The van der Waals surface area contributed by atoms with Gasteiger partial charge in [0, 0.05) is 0 Å². The van der Waals surface area contributed by atoms with E-state index in [0.29, 0.717) is 5.56 Å². The highest BCUT2D eigenvalue weighted by Crippen LogP contribution is 2.31. The maximum atomic E-state index is 12.2. The van der Waals surface area contributed by atoms with E-state index in [9.17, 15) is 9.90 Å². The van der Waals surface area contributed by atoms with Crippen molar-refractivity contribution in [3.8, 4) is 17.1 Å². The fraction of sp³-hybridized carbons (Fsp3) is 0.100. The first-order valence-electron chi connectivity index (χ1n) is 5.78. The first-order chi connectivity index (χ1) is 10.1. The Bertz CT molecular complexity index is 769. The van der Waals surface area contributed by atoms with E-state index in [2.05, 4.69) is 46.6 Å². The Kier molecular flexibility index (Phi) is 4.04. The summed E-state index contributed by atoms with van der Waals surface area (Å²) in [7, 11) is 0. The molecule has 3 rings (SSSR count). The lowest BCUT2D eigenvalue weighted by Gasteiger charge is -2.09. The first-order valence-corrected chi connectivity index (χ1v) is 5.78. The van der Waals surface area contributed by atoms with E-state index in [-0.39, 0.29) is 28.6 Å². The van der Waals surface area contributed by atoms with Gasteiger partial charge in [0.1, 0.15) is 5.75 Å². The molecule has 2 aromatic heterocycles. The van der Waals surface area contributed by atoms with Gasteiger partial charge in [0.15, 0.2) is 5.82 Å². The molecule has 12 nitrogen and oxygen atoms in total. The highest BCUT2D eigenvalue weighted by molar-refractivity contribution is 6.06. The van der Waals surface area contributed by atoms with Crippen LogP contribution < -0.4 is 5.32 Å². The Balaban J connectivity index is 0.00000176. The Morgan fingerprint density at radius 3 is 2.55 bits per heavy atom. The molecule has 114 valence electrons. The molecule has 0 saturated heterocycles. The van der Waals surface area contributed by atoms with Crippen molar-refractivity contribution in [1.82, 2.24) is 41.2 Å². The number of aromatic nitrogens is 8. The zero-order chi connectivity index (χ0) is 14.8. The Morgan fingerprint density at radius 2 is 1.91 bits per heavy atom. The molecule has 0 fully saturated rings. The van der Waals surface area contributed by atoms with Crippen LogP contribution in [0.1, 0.15) is 15.9 Å². The zero-order valence-electron chi connectivity index (χ0n) is 11.2. The van der Waals surface area contributed by atoms with Gasteiger partial charge in [0.2, 0.25) is 5.95 Å². The van der Waals surface area contributed by atoms with Gasteiger partial charge in [-0.2, -0.15) is 0 Å². The lowest BCUT2D eigenvalue weighted by molar-refractivity contribution is 0.102. The van der Waals surface area contributed by atoms with Gasteiger partial charge in [-0.15, -0.1) is 5.10 Å². The first kappa shape index (κ1) is 15.0. The van der Waals surface area contributed by atoms with E-state index in [1.165, 1.54) is 6.07 Å². The van der Waals surface area contributed by atoms with Gasteiger partial charge in [-0.1, -0.05) is 5.10 Å². The second kappa shape index (κ2) is 5.92. The molecule has 3 aromatic rings. The number of nitrogens with zero attached hydrogens (tertiary/aromatic N) is 6. The maximum absolute atomic E-state index is 12.2. The monoisotopic (exact) mass is 305 g/mol. The van der Waals surface area contributed by atoms with Crippen LogP contribution in [-0.4, -0.2) is 57.7 Å². The van der Waals surface area contributed by atoms with Crippen LogP contribution in [0.5, 0.6) is 5.75 Å². The summed E-state index contributed by atoms with van der Waals surface area (Å²) in [5.74, 6) is -0.483. The van der Waals surface area contributed by atoms with Crippen molar-refractivity contribution < 1.29 is 15.4 Å². The minimum absolute atomic E-state index is 0. The van der Waals surface area contributed by atoms with E-state index in [1.807, 2.05) is 0 Å². The van der Waals surface area contributed by atoms with Crippen LogP contribution in [0.3, 0.4) is 0 Å². The Labute approximate surface area is 122 Å². The summed E-state index contributed by atoms with van der Waals surface area (Å²) in [6, 6.07) is 3.19. The van der Waals surface area contributed by atoms with E-state index in [4.69, 9.17) is 0 Å². The molecule has 22 heavy (non-hydrogen) atoms. The summed E-state index contributed by atoms with van der Waals surface area (Å²) >= 11 is 0. The number of tetrazole rings is 2. The summed E-state index contributed by atoms with van der Waals surface area (Å²) in [4.78, 5) is 12.2. The molecule has 0 atom stereocenters. The van der Waals surface area contributed by atoms with Crippen molar-refractivity contribution in [1.29, 1.82) is 0 Å². The Morgan fingerprint density at radius 1 is 1.18 bits per heavy atom. The summed E-state index contributed by atoms with van der Waals surface area (Å²) in [5, 5.41) is 38.4. The molecule has 1 aromatic carbocycles. The maximum Gasteiger partial charge on any atom is 0.261 e.